The Kier molecular flexibility index (Phi) is 4.04. The number of benzene rings is 1. The summed E-state index contributed by atoms with van der Waals surface area (Å²) >= 11 is 1.21. The van der Waals surface area contributed by atoms with Crippen LogP contribution in [0.1, 0.15) is 22.5 Å². The summed E-state index contributed by atoms with van der Waals surface area (Å²) in [6.45, 7) is 5.78. The molecule has 0 fully saturated rings. The third-order valence-corrected chi connectivity index (χ3v) is 3.98. The maximum Gasteiger partial charge on any atom is 0.192 e. The summed E-state index contributed by atoms with van der Waals surface area (Å²) in [5, 5.41) is 8.01. The Bertz CT molecular complexity index is 662. The number of halogens is 1. The van der Waals surface area contributed by atoms with E-state index < -0.39 is 5.82 Å². The van der Waals surface area contributed by atoms with E-state index >= 15 is 0 Å². The van der Waals surface area contributed by atoms with Gasteiger partial charge in [0.1, 0.15) is 11.7 Å². The van der Waals surface area contributed by atoms with Crippen molar-refractivity contribution in [3.63, 3.8) is 0 Å². The van der Waals surface area contributed by atoms with E-state index in [9.17, 15) is 4.39 Å². The van der Waals surface area contributed by atoms with Crippen molar-refractivity contribution in [3.8, 4) is 0 Å². The molecule has 0 spiro atoms. The Hall–Kier alpha value is -1.95. The minimum Gasteiger partial charge on any atom is -0.384 e. The van der Waals surface area contributed by atoms with Gasteiger partial charge in [-0.1, -0.05) is 6.07 Å². The van der Waals surface area contributed by atoms with E-state index in [4.69, 9.17) is 11.1 Å². The van der Waals surface area contributed by atoms with Crippen molar-refractivity contribution in [2.75, 3.05) is 0 Å². The zero-order valence-corrected chi connectivity index (χ0v) is 12.3. The van der Waals surface area contributed by atoms with Crippen LogP contribution in [-0.2, 0) is 0 Å². The van der Waals surface area contributed by atoms with Crippen LogP contribution in [0.4, 0.5) is 4.39 Å². The molecule has 0 bridgehead atoms. The summed E-state index contributed by atoms with van der Waals surface area (Å²) < 4.78 is 13.8. The number of nitrogens with one attached hydrogen (secondary N) is 1. The van der Waals surface area contributed by atoms with Gasteiger partial charge in [-0.15, -0.1) is 0 Å². The predicted molar refractivity (Wildman–Crippen MR) is 77.8 cm³/mol. The molecule has 6 heteroatoms. The average molecular weight is 290 g/mol. The van der Waals surface area contributed by atoms with Gasteiger partial charge in [0.15, 0.2) is 5.16 Å². The SMILES string of the molecule is Cc1nc(Sc2cccc(F)c2C(=N)N)nc(C)c1C. The zero-order valence-electron chi connectivity index (χ0n) is 11.5. The number of aryl methyl sites for hydroxylation is 2. The van der Waals surface area contributed by atoms with Crippen molar-refractivity contribution in [3.05, 3.63) is 46.5 Å². The van der Waals surface area contributed by atoms with Crippen LogP contribution < -0.4 is 5.73 Å². The number of aromatic nitrogens is 2. The van der Waals surface area contributed by atoms with Crippen LogP contribution in [0.15, 0.2) is 28.3 Å². The van der Waals surface area contributed by atoms with Gasteiger partial charge < -0.3 is 5.73 Å². The van der Waals surface area contributed by atoms with E-state index in [1.165, 1.54) is 17.8 Å². The molecule has 0 saturated carbocycles. The lowest BCUT2D eigenvalue weighted by Crippen LogP contribution is -2.14. The van der Waals surface area contributed by atoms with Gasteiger partial charge in [0, 0.05) is 16.3 Å². The molecule has 0 aliphatic rings. The summed E-state index contributed by atoms with van der Waals surface area (Å²) in [6.07, 6.45) is 0. The Labute approximate surface area is 121 Å². The molecule has 104 valence electrons. The lowest BCUT2D eigenvalue weighted by Gasteiger charge is -2.10. The molecule has 0 amide bonds. The third kappa shape index (κ3) is 2.80. The Morgan fingerprint density at radius 3 is 2.35 bits per heavy atom. The van der Waals surface area contributed by atoms with Crippen LogP contribution in [0.2, 0.25) is 0 Å². The molecule has 0 aliphatic carbocycles. The van der Waals surface area contributed by atoms with Crippen molar-refractivity contribution in [2.24, 2.45) is 5.73 Å². The first kappa shape index (κ1) is 14.5. The van der Waals surface area contributed by atoms with E-state index in [-0.39, 0.29) is 11.4 Å². The molecule has 4 nitrogen and oxygen atoms in total. The standard InChI is InChI=1S/C14H15FN4S/c1-7-8(2)18-14(19-9(7)3)20-11-6-4-5-10(15)12(11)13(16)17/h4-6H,1-3H3,(H3,16,17). The molecule has 0 saturated heterocycles. The highest BCUT2D eigenvalue weighted by molar-refractivity contribution is 7.99. The maximum absolute atomic E-state index is 13.8. The second kappa shape index (κ2) is 5.58. The first-order chi connectivity index (χ1) is 9.40. The summed E-state index contributed by atoms with van der Waals surface area (Å²) in [6, 6.07) is 4.57. The van der Waals surface area contributed by atoms with E-state index in [2.05, 4.69) is 9.97 Å². The fourth-order valence-corrected chi connectivity index (χ4v) is 2.75. The van der Waals surface area contributed by atoms with Gasteiger partial charge in [-0.25, -0.2) is 14.4 Å². The number of hydrogen-bond acceptors (Lipinski definition) is 4. The summed E-state index contributed by atoms with van der Waals surface area (Å²) in [5.74, 6) is -0.811. The topological polar surface area (TPSA) is 75.7 Å². The average Bonchev–Trinajstić information content (AvgIpc) is 2.35. The van der Waals surface area contributed by atoms with Crippen molar-refractivity contribution >= 4 is 17.6 Å². The molecule has 0 unspecified atom stereocenters. The third-order valence-electron chi connectivity index (χ3n) is 3.06. The highest BCUT2D eigenvalue weighted by Gasteiger charge is 2.14. The molecule has 3 N–H and O–H groups in total. The summed E-state index contributed by atoms with van der Waals surface area (Å²) in [5.41, 5.74) is 8.36. The van der Waals surface area contributed by atoms with Crippen LogP contribution in [0.5, 0.6) is 0 Å². The second-order valence-corrected chi connectivity index (χ2v) is 5.44. The van der Waals surface area contributed by atoms with Gasteiger partial charge in [-0.3, -0.25) is 5.41 Å². The molecule has 0 radical (unpaired) electrons. The summed E-state index contributed by atoms with van der Waals surface area (Å²) in [7, 11) is 0. The van der Waals surface area contributed by atoms with Crippen LogP contribution >= 0.6 is 11.8 Å². The predicted octanol–water partition coefficient (Wildman–Crippen LogP) is 2.98. The molecule has 2 aromatic rings. The smallest absolute Gasteiger partial charge is 0.192 e. The second-order valence-electron chi connectivity index (χ2n) is 4.43. The van der Waals surface area contributed by atoms with Gasteiger partial charge in [0.25, 0.3) is 0 Å². The maximum atomic E-state index is 13.8. The minimum absolute atomic E-state index is 0.0944. The quantitative estimate of drug-likeness (QED) is 0.517. The molecule has 1 aromatic carbocycles. The normalized spacial score (nSPS) is 10.6. The summed E-state index contributed by atoms with van der Waals surface area (Å²) in [4.78, 5) is 9.30. The molecule has 2 rings (SSSR count). The number of nitrogens with two attached hydrogens (primary N) is 1. The van der Waals surface area contributed by atoms with E-state index in [0.717, 1.165) is 17.0 Å². The van der Waals surface area contributed by atoms with Crippen molar-refractivity contribution in [1.82, 2.24) is 9.97 Å². The van der Waals surface area contributed by atoms with Crippen molar-refractivity contribution in [2.45, 2.75) is 30.8 Å². The molecule has 0 aliphatic heterocycles. The molecule has 1 heterocycles. The number of nitrogens with zero attached hydrogens (tertiary/aromatic N) is 2. The minimum atomic E-state index is -0.511. The zero-order chi connectivity index (χ0) is 14.9. The monoisotopic (exact) mass is 290 g/mol. The molecule has 0 atom stereocenters. The van der Waals surface area contributed by atoms with Gasteiger partial charge in [-0.2, -0.15) is 0 Å². The van der Waals surface area contributed by atoms with Gasteiger partial charge in [0.05, 0.1) is 5.56 Å². The van der Waals surface area contributed by atoms with Crippen LogP contribution in [0.3, 0.4) is 0 Å². The number of rotatable bonds is 3. The largest absolute Gasteiger partial charge is 0.384 e. The van der Waals surface area contributed by atoms with E-state index in [0.29, 0.717) is 10.1 Å². The number of nitrogen functional groups attached to an aromatic ring is 1. The van der Waals surface area contributed by atoms with E-state index in [1.807, 2.05) is 20.8 Å². The number of hydrogen-bond donors (Lipinski definition) is 2. The van der Waals surface area contributed by atoms with Crippen molar-refractivity contribution in [1.29, 1.82) is 5.41 Å². The highest BCUT2D eigenvalue weighted by atomic mass is 32.2. The molecule has 20 heavy (non-hydrogen) atoms. The first-order valence-electron chi connectivity index (χ1n) is 6.02. The Balaban J connectivity index is 2.45. The first-order valence-corrected chi connectivity index (χ1v) is 6.84. The number of amidine groups is 1. The van der Waals surface area contributed by atoms with Crippen molar-refractivity contribution < 1.29 is 4.39 Å². The molecular formula is C14H15FN4S. The fraction of sp³-hybridized carbons (Fsp3) is 0.214. The van der Waals surface area contributed by atoms with Gasteiger partial charge in [-0.05, 0) is 50.2 Å². The molecular weight excluding hydrogens is 275 g/mol. The Morgan fingerprint density at radius 1 is 1.20 bits per heavy atom. The molecule has 1 aromatic heterocycles. The highest BCUT2D eigenvalue weighted by Crippen LogP contribution is 2.30. The lowest BCUT2D eigenvalue weighted by molar-refractivity contribution is 0.621. The van der Waals surface area contributed by atoms with Crippen LogP contribution in [0.25, 0.3) is 0 Å². The Morgan fingerprint density at radius 2 is 1.80 bits per heavy atom. The fourth-order valence-electron chi connectivity index (χ4n) is 1.74. The van der Waals surface area contributed by atoms with E-state index in [1.54, 1.807) is 12.1 Å². The lowest BCUT2D eigenvalue weighted by atomic mass is 10.2. The van der Waals surface area contributed by atoms with Crippen LogP contribution in [-0.4, -0.2) is 15.8 Å². The van der Waals surface area contributed by atoms with Crippen LogP contribution in [0, 0.1) is 32.0 Å². The van der Waals surface area contributed by atoms with Gasteiger partial charge in [0.2, 0.25) is 0 Å². The van der Waals surface area contributed by atoms with Gasteiger partial charge >= 0.3 is 0 Å².